The fourth-order valence-corrected chi connectivity index (χ4v) is 3.12. The smallest absolute Gasteiger partial charge is 0.115 e. The van der Waals surface area contributed by atoms with Gasteiger partial charge in [-0.15, -0.1) is 0 Å². The molecule has 1 aromatic carbocycles. The lowest BCUT2D eigenvalue weighted by Crippen LogP contribution is -2.28. The van der Waals surface area contributed by atoms with Crippen LogP contribution in [0.15, 0.2) is 24.3 Å². The quantitative estimate of drug-likeness (QED) is 0.870. The molecule has 1 aliphatic heterocycles. The molecule has 1 saturated heterocycles. The number of hydrogen-bond acceptors (Lipinski definition) is 2. The van der Waals surface area contributed by atoms with E-state index in [1.807, 2.05) is 12.1 Å². The van der Waals surface area contributed by atoms with Gasteiger partial charge in [-0.2, -0.15) is 0 Å². The summed E-state index contributed by atoms with van der Waals surface area (Å²) in [6.07, 6.45) is 3.85. The van der Waals surface area contributed by atoms with Gasteiger partial charge in [0.15, 0.2) is 0 Å². The van der Waals surface area contributed by atoms with Crippen molar-refractivity contribution < 1.29 is 5.11 Å². The number of aromatic hydroxyl groups is 1. The number of likely N-dealkylation sites (tertiary alicyclic amines) is 1. The highest BCUT2D eigenvalue weighted by atomic mass is 16.3. The Morgan fingerprint density at radius 2 is 2.06 bits per heavy atom. The van der Waals surface area contributed by atoms with Crippen LogP contribution in [0, 0.1) is 5.41 Å². The maximum absolute atomic E-state index is 9.58. The van der Waals surface area contributed by atoms with Crippen LogP contribution in [0.4, 0.5) is 0 Å². The van der Waals surface area contributed by atoms with Crippen LogP contribution < -0.4 is 0 Å². The molecule has 0 radical (unpaired) electrons. The molecule has 1 unspecified atom stereocenters. The molecule has 18 heavy (non-hydrogen) atoms. The highest BCUT2D eigenvalue weighted by Gasteiger charge is 2.36. The molecule has 2 heteroatoms. The van der Waals surface area contributed by atoms with Gasteiger partial charge in [-0.3, -0.25) is 4.90 Å². The molecule has 1 aromatic rings. The minimum Gasteiger partial charge on any atom is -0.508 e. The van der Waals surface area contributed by atoms with Crippen LogP contribution in [0.1, 0.15) is 51.6 Å². The molecule has 0 saturated carbocycles. The van der Waals surface area contributed by atoms with Crippen LogP contribution in [-0.2, 0) is 0 Å². The predicted octanol–water partition coefficient (Wildman–Crippen LogP) is 3.97. The van der Waals surface area contributed by atoms with Crippen molar-refractivity contribution >= 4 is 0 Å². The van der Waals surface area contributed by atoms with Gasteiger partial charge in [-0.05, 0) is 55.8 Å². The van der Waals surface area contributed by atoms with Crippen molar-refractivity contribution in [1.82, 2.24) is 4.90 Å². The van der Waals surface area contributed by atoms with Crippen molar-refractivity contribution in [3.63, 3.8) is 0 Å². The van der Waals surface area contributed by atoms with Crippen LogP contribution in [0.3, 0.4) is 0 Å². The van der Waals surface area contributed by atoms with E-state index in [0.29, 0.717) is 17.2 Å². The molecule has 1 atom stereocenters. The maximum atomic E-state index is 9.58. The fourth-order valence-electron chi connectivity index (χ4n) is 3.12. The van der Waals surface area contributed by atoms with Gasteiger partial charge in [-0.25, -0.2) is 0 Å². The van der Waals surface area contributed by atoms with Gasteiger partial charge >= 0.3 is 0 Å². The third-order valence-electron chi connectivity index (χ3n) is 4.87. The summed E-state index contributed by atoms with van der Waals surface area (Å²) in [6, 6.07) is 8.08. The summed E-state index contributed by atoms with van der Waals surface area (Å²) in [7, 11) is 0. The average Bonchev–Trinajstić information content (AvgIpc) is 2.83. The molecule has 1 aliphatic rings. The topological polar surface area (TPSA) is 23.5 Å². The predicted molar refractivity (Wildman–Crippen MR) is 75.7 cm³/mol. The van der Waals surface area contributed by atoms with Crippen LogP contribution in [0.25, 0.3) is 0 Å². The number of rotatable bonds is 4. The highest BCUT2D eigenvalue weighted by Crippen LogP contribution is 2.40. The fraction of sp³-hybridized carbons (Fsp3) is 0.625. The molecular formula is C16H25NO. The van der Waals surface area contributed by atoms with Gasteiger partial charge in [0.05, 0.1) is 0 Å². The summed E-state index contributed by atoms with van der Waals surface area (Å²) in [5.74, 6) is 0.371. The summed E-state index contributed by atoms with van der Waals surface area (Å²) < 4.78 is 0. The summed E-state index contributed by atoms with van der Waals surface area (Å²) in [4.78, 5) is 2.56. The van der Waals surface area contributed by atoms with E-state index in [1.54, 1.807) is 6.07 Å². The van der Waals surface area contributed by atoms with Gasteiger partial charge < -0.3 is 5.11 Å². The first-order valence-corrected chi connectivity index (χ1v) is 7.13. The molecule has 0 spiro atoms. The molecule has 0 aliphatic carbocycles. The van der Waals surface area contributed by atoms with Crippen molar-refractivity contribution in [2.75, 3.05) is 13.1 Å². The van der Waals surface area contributed by atoms with E-state index in [-0.39, 0.29) is 0 Å². The van der Waals surface area contributed by atoms with Crippen LogP contribution in [0.2, 0.25) is 0 Å². The molecule has 100 valence electrons. The maximum Gasteiger partial charge on any atom is 0.115 e. The van der Waals surface area contributed by atoms with Crippen molar-refractivity contribution in [3.05, 3.63) is 29.8 Å². The Balaban J connectivity index is 2.10. The van der Waals surface area contributed by atoms with Gasteiger partial charge in [0.1, 0.15) is 5.75 Å². The summed E-state index contributed by atoms with van der Waals surface area (Å²) in [6.45, 7) is 9.24. The molecule has 1 N–H and O–H groups in total. The van der Waals surface area contributed by atoms with Gasteiger partial charge in [0.25, 0.3) is 0 Å². The number of hydrogen-bond donors (Lipinski definition) is 1. The molecule has 1 fully saturated rings. The SMILES string of the molecule is CCC1(CC)CCN(C(C)c2cccc(O)c2)C1. The van der Waals surface area contributed by atoms with Crippen molar-refractivity contribution in [1.29, 1.82) is 0 Å². The van der Waals surface area contributed by atoms with Crippen LogP contribution in [0.5, 0.6) is 5.75 Å². The summed E-state index contributed by atoms with van der Waals surface area (Å²) in [5, 5.41) is 9.58. The van der Waals surface area contributed by atoms with E-state index in [0.717, 1.165) is 0 Å². The first kappa shape index (κ1) is 13.4. The van der Waals surface area contributed by atoms with Crippen LogP contribution >= 0.6 is 0 Å². The molecule has 0 aromatic heterocycles. The van der Waals surface area contributed by atoms with E-state index in [1.165, 1.54) is 37.9 Å². The second-order valence-electron chi connectivity index (χ2n) is 5.70. The number of benzene rings is 1. The lowest BCUT2D eigenvalue weighted by molar-refractivity contribution is 0.204. The van der Waals surface area contributed by atoms with E-state index in [9.17, 15) is 5.11 Å². The Morgan fingerprint density at radius 3 is 2.61 bits per heavy atom. The standard InChI is InChI=1S/C16H25NO/c1-4-16(5-2)9-10-17(12-16)13(3)14-7-6-8-15(18)11-14/h6-8,11,13,18H,4-5,9-10,12H2,1-3H3. The van der Waals surface area contributed by atoms with Crippen LogP contribution in [-0.4, -0.2) is 23.1 Å². The third kappa shape index (κ3) is 2.54. The zero-order valence-electron chi connectivity index (χ0n) is 11.8. The van der Waals surface area contributed by atoms with Crippen molar-refractivity contribution in [3.8, 4) is 5.75 Å². The first-order valence-electron chi connectivity index (χ1n) is 7.13. The van der Waals surface area contributed by atoms with E-state index in [4.69, 9.17) is 0 Å². The van der Waals surface area contributed by atoms with E-state index >= 15 is 0 Å². The highest BCUT2D eigenvalue weighted by molar-refractivity contribution is 5.29. The number of phenolic OH excluding ortho intramolecular Hbond substituents is 1. The van der Waals surface area contributed by atoms with Crippen molar-refractivity contribution in [2.45, 2.75) is 46.1 Å². The number of nitrogens with zero attached hydrogens (tertiary/aromatic N) is 1. The van der Waals surface area contributed by atoms with Crippen molar-refractivity contribution in [2.24, 2.45) is 5.41 Å². The molecule has 0 amide bonds. The second-order valence-corrected chi connectivity index (χ2v) is 5.70. The Kier molecular flexibility index (Phi) is 3.96. The molecule has 0 bridgehead atoms. The first-order chi connectivity index (χ1) is 8.60. The normalized spacial score (nSPS) is 21.1. The summed E-state index contributed by atoms with van der Waals surface area (Å²) >= 11 is 0. The minimum atomic E-state index is 0.371. The monoisotopic (exact) mass is 247 g/mol. The lowest BCUT2D eigenvalue weighted by Gasteiger charge is -2.29. The lowest BCUT2D eigenvalue weighted by atomic mass is 9.82. The average molecular weight is 247 g/mol. The van der Waals surface area contributed by atoms with Gasteiger partial charge in [-0.1, -0.05) is 26.0 Å². The minimum absolute atomic E-state index is 0.371. The molecule has 1 heterocycles. The largest absolute Gasteiger partial charge is 0.508 e. The van der Waals surface area contributed by atoms with E-state index < -0.39 is 0 Å². The second kappa shape index (κ2) is 5.31. The number of phenols is 1. The zero-order chi connectivity index (χ0) is 13.2. The Morgan fingerprint density at radius 1 is 1.33 bits per heavy atom. The molecular weight excluding hydrogens is 222 g/mol. The van der Waals surface area contributed by atoms with E-state index in [2.05, 4.69) is 31.7 Å². The zero-order valence-corrected chi connectivity index (χ0v) is 11.8. The Bertz CT molecular complexity index is 398. The van der Waals surface area contributed by atoms with Gasteiger partial charge in [0.2, 0.25) is 0 Å². The Labute approximate surface area is 111 Å². The Hall–Kier alpha value is -1.02. The third-order valence-corrected chi connectivity index (χ3v) is 4.87. The van der Waals surface area contributed by atoms with Gasteiger partial charge in [0, 0.05) is 12.6 Å². The molecule has 2 nitrogen and oxygen atoms in total. The summed E-state index contributed by atoms with van der Waals surface area (Å²) in [5.41, 5.74) is 1.74. The molecule has 2 rings (SSSR count).